The second-order valence-electron chi connectivity index (χ2n) is 10.7. The van der Waals surface area contributed by atoms with Crippen molar-refractivity contribution in [2.75, 3.05) is 12.4 Å². The first-order chi connectivity index (χ1) is 22.3. The molecule has 5 rings (SSSR count). The highest BCUT2D eigenvalue weighted by Gasteiger charge is 2.38. The highest BCUT2D eigenvalue weighted by molar-refractivity contribution is 5.99. The fraction of sp³-hybridized carbons (Fsp3) is 0.242. The maximum absolute atomic E-state index is 15.0. The molecule has 0 bridgehead atoms. The number of aryl methyl sites for hydroxylation is 1. The van der Waals surface area contributed by atoms with Gasteiger partial charge in [-0.25, -0.2) is 13.6 Å². The first-order valence-corrected chi connectivity index (χ1v) is 14.4. The van der Waals surface area contributed by atoms with E-state index in [9.17, 15) is 36.3 Å². The van der Waals surface area contributed by atoms with Gasteiger partial charge in [-0.2, -0.15) is 13.2 Å². The number of nitrogens with zero attached hydrogens (tertiary/aromatic N) is 3. The molecule has 9 nitrogen and oxygen atoms in total. The average Bonchev–Trinajstić information content (AvgIpc) is 3.04. The highest BCUT2D eigenvalue weighted by atomic mass is 19.4. The van der Waals surface area contributed by atoms with Crippen molar-refractivity contribution in [3.63, 3.8) is 0 Å². The molecular weight excluding hydrogens is 625 g/mol. The van der Waals surface area contributed by atoms with Crippen LogP contribution in [0, 0.1) is 11.6 Å². The maximum atomic E-state index is 15.0. The van der Waals surface area contributed by atoms with Crippen LogP contribution in [0.1, 0.15) is 29.3 Å². The Labute approximate surface area is 264 Å². The second-order valence-corrected chi connectivity index (χ2v) is 10.7. The van der Waals surface area contributed by atoms with E-state index in [4.69, 9.17) is 4.74 Å². The molecule has 2 aromatic carbocycles. The third-order valence-electron chi connectivity index (χ3n) is 7.80. The van der Waals surface area contributed by atoms with Gasteiger partial charge in [-0.05, 0) is 42.3 Å². The Morgan fingerprint density at radius 3 is 2.40 bits per heavy atom. The molecule has 14 heteroatoms. The molecule has 0 fully saturated rings. The number of carbonyl (C=O) groups is 2. The first-order valence-electron chi connectivity index (χ1n) is 14.4. The number of methoxy groups -OCH3 is 1. The molecule has 0 saturated carbocycles. The molecule has 0 aliphatic carbocycles. The Balaban J connectivity index is 1.47. The molecule has 3 aromatic heterocycles. The van der Waals surface area contributed by atoms with Crippen LogP contribution in [0.3, 0.4) is 0 Å². The van der Waals surface area contributed by atoms with Crippen molar-refractivity contribution in [2.24, 2.45) is 7.05 Å². The van der Waals surface area contributed by atoms with Crippen molar-refractivity contribution in [1.29, 1.82) is 0 Å². The molecule has 2 atom stereocenters. The van der Waals surface area contributed by atoms with Gasteiger partial charge in [0.1, 0.15) is 29.3 Å². The number of pyridine rings is 3. The zero-order chi connectivity index (χ0) is 34.0. The maximum Gasteiger partial charge on any atom is 0.408 e. The van der Waals surface area contributed by atoms with Gasteiger partial charge in [0.25, 0.3) is 11.5 Å². The number of hydrogen-bond acceptors (Lipinski definition) is 7. The van der Waals surface area contributed by atoms with Crippen molar-refractivity contribution in [3.05, 3.63) is 100 Å². The molecule has 3 heterocycles. The van der Waals surface area contributed by atoms with E-state index in [1.54, 1.807) is 55.8 Å². The Morgan fingerprint density at radius 1 is 1.02 bits per heavy atom. The zero-order valence-corrected chi connectivity index (χ0v) is 25.3. The van der Waals surface area contributed by atoms with E-state index in [0.717, 1.165) is 12.5 Å². The summed E-state index contributed by atoms with van der Waals surface area (Å²) in [4.78, 5) is 47.8. The van der Waals surface area contributed by atoms with Gasteiger partial charge in [-0.1, -0.05) is 25.1 Å². The second kappa shape index (κ2) is 13.1. The van der Waals surface area contributed by atoms with Crippen molar-refractivity contribution in [1.82, 2.24) is 19.9 Å². The number of halogens is 5. The Hall–Kier alpha value is -5.40. The number of rotatable bonds is 9. The molecule has 244 valence electrons. The number of anilines is 1. The number of nitrogens with one attached hydrogen (secondary N) is 2. The van der Waals surface area contributed by atoms with Crippen LogP contribution in [-0.4, -0.2) is 51.8 Å². The van der Waals surface area contributed by atoms with Crippen molar-refractivity contribution >= 4 is 39.4 Å². The standard InChI is InChI=1S/C33H28F5N5O4/c1-4-27(33(36,37)38)41-19-14-23(34)28(24(35)15-19)30(44)42-25(32(46)47-3)13-17-7-8-21(29-20(17)6-5-10-40-29)22-12-18-16-39-11-9-26(18)43(2)31(22)45/h5-12,14-16,25,27,41H,4,13H2,1-3H3,(H,42,44)/t25-,27+/m0/s1. The summed E-state index contributed by atoms with van der Waals surface area (Å²) < 4.78 is 75.8. The summed E-state index contributed by atoms with van der Waals surface area (Å²) in [5.74, 6) is -5.11. The fourth-order valence-corrected chi connectivity index (χ4v) is 5.42. The first kappa shape index (κ1) is 33.0. The van der Waals surface area contributed by atoms with E-state index in [1.165, 1.54) is 17.7 Å². The van der Waals surface area contributed by atoms with Gasteiger partial charge in [-0.15, -0.1) is 0 Å². The lowest BCUT2D eigenvalue weighted by atomic mass is 9.95. The van der Waals surface area contributed by atoms with Gasteiger partial charge in [0.2, 0.25) is 0 Å². The molecule has 0 radical (unpaired) electrons. The summed E-state index contributed by atoms with van der Waals surface area (Å²) in [5, 5.41) is 5.56. The number of amides is 1. The average molecular weight is 654 g/mol. The lowest BCUT2D eigenvalue weighted by Crippen LogP contribution is -2.43. The summed E-state index contributed by atoms with van der Waals surface area (Å²) >= 11 is 0. The van der Waals surface area contributed by atoms with Crippen LogP contribution < -0.4 is 16.2 Å². The van der Waals surface area contributed by atoms with Crippen LogP contribution in [0.2, 0.25) is 0 Å². The molecule has 47 heavy (non-hydrogen) atoms. The van der Waals surface area contributed by atoms with Crippen molar-refractivity contribution in [2.45, 2.75) is 38.0 Å². The molecule has 0 aliphatic rings. The van der Waals surface area contributed by atoms with Crippen LogP contribution in [0.15, 0.2) is 71.9 Å². The van der Waals surface area contributed by atoms with E-state index in [-0.39, 0.29) is 12.0 Å². The minimum atomic E-state index is -4.68. The number of alkyl halides is 3. The van der Waals surface area contributed by atoms with Crippen LogP contribution >= 0.6 is 0 Å². The summed E-state index contributed by atoms with van der Waals surface area (Å²) in [6.45, 7) is 1.25. The lowest BCUT2D eigenvalue weighted by molar-refractivity contribution is -0.143. The number of esters is 1. The van der Waals surface area contributed by atoms with Gasteiger partial charge >= 0.3 is 12.1 Å². The summed E-state index contributed by atoms with van der Waals surface area (Å²) in [5.41, 5.74) is 0.569. The minimum Gasteiger partial charge on any atom is -0.467 e. The van der Waals surface area contributed by atoms with Gasteiger partial charge in [0.15, 0.2) is 0 Å². The van der Waals surface area contributed by atoms with Crippen LogP contribution in [0.5, 0.6) is 0 Å². The summed E-state index contributed by atoms with van der Waals surface area (Å²) in [7, 11) is 2.71. The van der Waals surface area contributed by atoms with E-state index < -0.39 is 59.4 Å². The molecule has 0 aliphatic heterocycles. The number of benzene rings is 2. The predicted octanol–water partition coefficient (Wildman–Crippen LogP) is 5.69. The van der Waals surface area contributed by atoms with Gasteiger partial charge < -0.3 is 19.9 Å². The molecular formula is C33H28F5N5O4. The number of hydrogen-bond donors (Lipinski definition) is 2. The lowest BCUT2D eigenvalue weighted by Gasteiger charge is -2.22. The number of ether oxygens (including phenoxy) is 1. The molecule has 1 amide bonds. The Bertz CT molecular complexity index is 2040. The SMILES string of the molecule is CC[C@@H](Nc1cc(F)c(C(=O)N[C@@H](Cc2ccc(-c3cc4cnccc4n(C)c3=O)c3ncccc23)C(=O)OC)c(F)c1)C(F)(F)F. The number of fused-ring (bicyclic) bond motifs is 2. The fourth-order valence-electron chi connectivity index (χ4n) is 5.42. The number of aromatic nitrogens is 3. The monoisotopic (exact) mass is 653 g/mol. The smallest absolute Gasteiger partial charge is 0.408 e. The zero-order valence-electron chi connectivity index (χ0n) is 25.3. The molecule has 0 spiro atoms. The van der Waals surface area contributed by atoms with E-state index >= 15 is 0 Å². The van der Waals surface area contributed by atoms with Gasteiger partial charge in [0, 0.05) is 54.1 Å². The van der Waals surface area contributed by atoms with Gasteiger partial charge in [0.05, 0.1) is 23.7 Å². The third kappa shape index (κ3) is 6.62. The van der Waals surface area contributed by atoms with E-state index in [1.807, 2.05) is 5.32 Å². The van der Waals surface area contributed by atoms with E-state index in [2.05, 4.69) is 15.3 Å². The molecule has 5 aromatic rings. The topological polar surface area (TPSA) is 115 Å². The van der Waals surface area contributed by atoms with Crippen LogP contribution in [-0.2, 0) is 23.0 Å². The molecule has 0 saturated heterocycles. The quantitative estimate of drug-likeness (QED) is 0.155. The van der Waals surface area contributed by atoms with E-state index in [0.29, 0.717) is 45.2 Å². The Kier molecular flexibility index (Phi) is 9.22. The normalized spacial score (nSPS) is 12.9. The van der Waals surface area contributed by atoms with Crippen molar-refractivity contribution < 1.29 is 36.3 Å². The largest absolute Gasteiger partial charge is 0.467 e. The molecule has 2 N–H and O–H groups in total. The Morgan fingerprint density at radius 2 is 1.74 bits per heavy atom. The third-order valence-corrected chi connectivity index (χ3v) is 7.80. The van der Waals surface area contributed by atoms with Crippen LogP contribution in [0.25, 0.3) is 32.9 Å². The molecule has 0 unspecified atom stereocenters. The number of carbonyl (C=O) groups excluding carboxylic acids is 2. The summed E-state index contributed by atoms with van der Waals surface area (Å²) in [6.07, 6.45) is -0.537. The van der Waals surface area contributed by atoms with Gasteiger partial charge in [-0.3, -0.25) is 19.6 Å². The summed E-state index contributed by atoms with van der Waals surface area (Å²) in [6, 6.07) is 7.71. The highest BCUT2D eigenvalue weighted by Crippen LogP contribution is 2.31. The van der Waals surface area contributed by atoms with Crippen molar-refractivity contribution in [3.8, 4) is 11.1 Å². The van der Waals surface area contributed by atoms with Crippen LogP contribution in [0.4, 0.5) is 27.6 Å². The minimum absolute atomic E-state index is 0.201. The predicted molar refractivity (Wildman–Crippen MR) is 165 cm³/mol.